The molecule has 0 radical (unpaired) electrons. The largest absolute Gasteiger partial charge is 0.465 e. The first kappa shape index (κ1) is 16.9. The molecule has 2 nitrogen and oxygen atoms in total. The molecule has 18 heavy (non-hydrogen) atoms. The van der Waals surface area contributed by atoms with Crippen LogP contribution >= 0.6 is 0 Å². The Bertz CT molecular complexity index is 241. The summed E-state index contributed by atoms with van der Waals surface area (Å²) < 4.78 is 5.10. The third-order valence-corrected chi connectivity index (χ3v) is 2.77. The third-order valence-electron chi connectivity index (χ3n) is 2.77. The first-order chi connectivity index (χ1) is 8.81. The Labute approximate surface area is 112 Å². The minimum absolute atomic E-state index is 0.0478. The molecule has 0 atom stereocenters. The lowest BCUT2D eigenvalue weighted by atomic mass is 10.1. The second kappa shape index (κ2) is 14.0. The maximum atomic E-state index is 11.3. The molecule has 0 aliphatic heterocycles. The fourth-order valence-electron chi connectivity index (χ4n) is 1.71. The van der Waals surface area contributed by atoms with Gasteiger partial charge in [-0.1, -0.05) is 43.6 Å². The van der Waals surface area contributed by atoms with Gasteiger partial charge in [-0.15, -0.1) is 0 Å². The molecule has 0 N–H and O–H groups in total. The molecule has 0 saturated heterocycles. The highest BCUT2D eigenvalue weighted by Crippen LogP contribution is 2.08. The van der Waals surface area contributed by atoms with Crippen molar-refractivity contribution < 1.29 is 9.53 Å². The van der Waals surface area contributed by atoms with Crippen LogP contribution in [0.3, 0.4) is 0 Å². The number of carbonyl (C=O) groups excluding carboxylic acids is 1. The highest BCUT2D eigenvalue weighted by Gasteiger charge is 2.01. The van der Waals surface area contributed by atoms with E-state index in [1.165, 1.54) is 25.7 Å². The molecule has 0 rings (SSSR count). The molecule has 0 aromatic rings. The Morgan fingerprint density at radius 3 is 2.22 bits per heavy atom. The number of unbranched alkanes of at least 4 members (excludes halogenated alkanes) is 5. The fourth-order valence-corrected chi connectivity index (χ4v) is 1.71. The summed E-state index contributed by atoms with van der Waals surface area (Å²) >= 11 is 0. The maximum absolute atomic E-state index is 11.3. The fraction of sp³-hybridized carbons (Fsp3) is 0.688. The van der Waals surface area contributed by atoms with Crippen LogP contribution in [-0.2, 0) is 9.53 Å². The Hall–Kier alpha value is -1.05. The van der Waals surface area contributed by atoms with Gasteiger partial charge in [0.05, 0.1) is 6.61 Å². The van der Waals surface area contributed by atoms with Crippen molar-refractivity contribution in [2.75, 3.05) is 6.61 Å². The lowest BCUT2D eigenvalue weighted by Gasteiger charge is -2.03. The monoisotopic (exact) mass is 252 g/mol. The second-order valence-corrected chi connectivity index (χ2v) is 4.45. The molecule has 0 bridgehead atoms. The summed E-state index contributed by atoms with van der Waals surface area (Å²) in [4.78, 5) is 11.3. The first-order valence-electron chi connectivity index (χ1n) is 7.19. The Kier molecular flexibility index (Phi) is 13.2. The third kappa shape index (κ3) is 13.0. The lowest BCUT2D eigenvalue weighted by molar-refractivity contribution is -0.143. The molecular weight excluding hydrogens is 224 g/mol. The van der Waals surface area contributed by atoms with Crippen molar-refractivity contribution >= 4 is 5.97 Å². The maximum Gasteiger partial charge on any atom is 0.305 e. The number of hydrogen-bond acceptors (Lipinski definition) is 2. The van der Waals surface area contributed by atoms with Gasteiger partial charge in [0.1, 0.15) is 0 Å². The van der Waals surface area contributed by atoms with Crippen LogP contribution in [0, 0.1) is 0 Å². The minimum Gasteiger partial charge on any atom is -0.465 e. The van der Waals surface area contributed by atoms with E-state index in [0.717, 1.165) is 19.3 Å². The highest BCUT2D eigenvalue weighted by atomic mass is 16.5. The first-order valence-corrected chi connectivity index (χ1v) is 7.19. The highest BCUT2D eigenvalue weighted by molar-refractivity contribution is 5.69. The molecule has 0 amide bonds. The number of esters is 1. The molecule has 0 unspecified atom stereocenters. The van der Waals surface area contributed by atoms with E-state index in [9.17, 15) is 4.79 Å². The van der Waals surface area contributed by atoms with Crippen molar-refractivity contribution in [1.82, 2.24) is 0 Å². The molecule has 2 heteroatoms. The van der Waals surface area contributed by atoms with E-state index in [1.54, 1.807) is 0 Å². The minimum atomic E-state index is -0.0478. The molecule has 0 fully saturated rings. The normalized spacial score (nSPS) is 11.4. The summed E-state index contributed by atoms with van der Waals surface area (Å²) in [5.74, 6) is -0.0478. The van der Waals surface area contributed by atoms with Crippen LogP contribution in [0.4, 0.5) is 0 Å². The van der Waals surface area contributed by atoms with Gasteiger partial charge in [-0.2, -0.15) is 0 Å². The summed E-state index contributed by atoms with van der Waals surface area (Å²) in [6.45, 7) is 4.55. The summed E-state index contributed by atoms with van der Waals surface area (Å²) in [7, 11) is 0. The van der Waals surface area contributed by atoms with Crippen LogP contribution in [0.2, 0.25) is 0 Å². The zero-order valence-electron chi connectivity index (χ0n) is 12.0. The van der Waals surface area contributed by atoms with Crippen LogP contribution in [-0.4, -0.2) is 12.6 Å². The Morgan fingerprint density at radius 2 is 1.50 bits per heavy atom. The lowest BCUT2D eigenvalue weighted by Crippen LogP contribution is -2.04. The van der Waals surface area contributed by atoms with E-state index in [4.69, 9.17) is 4.74 Å². The Morgan fingerprint density at radius 1 is 0.889 bits per heavy atom. The van der Waals surface area contributed by atoms with E-state index in [1.807, 2.05) is 19.1 Å². The summed E-state index contributed by atoms with van der Waals surface area (Å²) in [6.07, 6.45) is 16.7. The predicted molar refractivity (Wildman–Crippen MR) is 77.5 cm³/mol. The average Bonchev–Trinajstić information content (AvgIpc) is 2.38. The number of hydrogen-bond donors (Lipinski definition) is 0. The molecule has 0 saturated carbocycles. The van der Waals surface area contributed by atoms with Crippen LogP contribution < -0.4 is 0 Å². The van der Waals surface area contributed by atoms with Crippen LogP contribution in [0.1, 0.15) is 65.2 Å². The van der Waals surface area contributed by atoms with Gasteiger partial charge in [-0.25, -0.2) is 0 Å². The van der Waals surface area contributed by atoms with E-state index >= 15 is 0 Å². The van der Waals surface area contributed by atoms with Gasteiger partial charge in [0.15, 0.2) is 0 Å². The van der Waals surface area contributed by atoms with E-state index in [0.29, 0.717) is 13.0 Å². The van der Waals surface area contributed by atoms with Crippen LogP contribution in [0.25, 0.3) is 0 Å². The molecule has 0 spiro atoms. The molecular formula is C16H28O2. The van der Waals surface area contributed by atoms with Crippen molar-refractivity contribution in [2.24, 2.45) is 0 Å². The predicted octanol–water partition coefficient (Wildman–Crippen LogP) is 4.80. The van der Waals surface area contributed by atoms with Crippen LogP contribution in [0.15, 0.2) is 24.3 Å². The average molecular weight is 252 g/mol. The van der Waals surface area contributed by atoms with Gasteiger partial charge in [-0.05, 0) is 39.5 Å². The molecule has 0 aliphatic carbocycles. The van der Waals surface area contributed by atoms with Crippen molar-refractivity contribution in [3.05, 3.63) is 24.3 Å². The van der Waals surface area contributed by atoms with E-state index < -0.39 is 0 Å². The zero-order chi connectivity index (χ0) is 13.5. The van der Waals surface area contributed by atoms with Crippen molar-refractivity contribution in [3.8, 4) is 0 Å². The molecule has 0 aliphatic rings. The van der Waals surface area contributed by atoms with Gasteiger partial charge in [0, 0.05) is 6.42 Å². The number of carbonyl (C=O) groups is 1. The smallest absolute Gasteiger partial charge is 0.305 e. The van der Waals surface area contributed by atoms with Crippen LogP contribution in [0.5, 0.6) is 0 Å². The molecule has 0 heterocycles. The number of allylic oxidation sites excluding steroid dienone is 3. The summed E-state index contributed by atoms with van der Waals surface area (Å²) in [5, 5.41) is 0. The second-order valence-electron chi connectivity index (χ2n) is 4.45. The quantitative estimate of drug-likeness (QED) is 0.300. The van der Waals surface area contributed by atoms with Crippen molar-refractivity contribution in [1.29, 1.82) is 0 Å². The van der Waals surface area contributed by atoms with E-state index in [-0.39, 0.29) is 5.97 Å². The molecule has 0 aromatic carbocycles. The van der Waals surface area contributed by atoms with Crippen molar-refractivity contribution in [2.45, 2.75) is 65.2 Å². The standard InChI is InChI=1S/C16H28O2/c1-3-5-7-8-9-10-11-12-14-16(17)18-15-13-6-4-2/h3-6H,7-15H2,1-2H3/b5-3?,6-4+. The summed E-state index contributed by atoms with van der Waals surface area (Å²) in [6, 6.07) is 0. The van der Waals surface area contributed by atoms with Gasteiger partial charge in [0.25, 0.3) is 0 Å². The molecule has 0 aromatic heterocycles. The van der Waals surface area contributed by atoms with Crippen molar-refractivity contribution in [3.63, 3.8) is 0 Å². The van der Waals surface area contributed by atoms with E-state index in [2.05, 4.69) is 19.1 Å². The molecule has 104 valence electrons. The van der Waals surface area contributed by atoms with Gasteiger partial charge < -0.3 is 4.74 Å². The number of ether oxygens (including phenoxy) is 1. The summed E-state index contributed by atoms with van der Waals surface area (Å²) in [5.41, 5.74) is 0. The van der Waals surface area contributed by atoms with Gasteiger partial charge >= 0.3 is 5.97 Å². The Balaban J connectivity index is 3.20. The van der Waals surface area contributed by atoms with Gasteiger partial charge in [0.2, 0.25) is 0 Å². The zero-order valence-corrected chi connectivity index (χ0v) is 12.0. The number of rotatable bonds is 11. The topological polar surface area (TPSA) is 26.3 Å². The SMILES string of the molecule is CC=CCCCCCCCC(=O)OCC/C=C/C. The van der Waals surface area contributed by atoms with Gasteiger partial charge in [-0.3, -0.25) is 4.79 Å².